The van der Waals surface area contributed by atoms with Crippen LogP contribution < -0.4 is 10.2 Å². The summed E-state index contributed by atoms with van der Waals surface area (Å²) in [6.45, 7) is 4.96. The van der Waals surface area contributed by atoms with Crippen LogP contribution in [0.5, 0.6) is 0 Å². The zero-order valence-corrected chi connectivity index (χ0v) is 13.2. The van der Waals surface area contributed by atoms with Gasteiger partial charge in [-0.1, -0.05) is 20.3 Å². The van der Waals surface area contributed by atoms with Crippen molar-refractivity contribution in [3.05, 3.63) is 29.8 Å². The summed E-state index contributed by atoms with van der Waals surface area (Å²) in [4.78, 5) is 25.5. The first-order valence-corrected chi connectivity index (χ1v) is 7.89. The summed E-state index contributed by atoms with van der Waals surface area (Å²) in [6.07, 6.45) is 1.82. The Kier molecular flexibility index (Phi) is 5.55. The Morgan fingerprint density at radius 1 is 1.36 bits per heavy atom. The smallest absolute Gasteiger partial charge is 0.251 e. The lowest BCUT2D eigenvalue weighted by atomic mass is 10.0. The van der Waals surface area contributed by atoms with E-state index in [2.05, 4.69) is 5.32 Å². The first-order chi connectivity index (χ1) is 10.5. The van der Waals surface area contributed by atoms with Gasteiger partial charge in [-0.3, -0.25) is 9.59 Å². The molecule has 2 atom stereocenters. The van der Waals surface area contributed by atoms with Crippen LogP contribution in [0.2, 0.25) is 0 Å². The fraction of sp³-hybridized carbons (Fsp3) is 0.529. The molecule has 0 spiro atoms. The molecule has 0 aromatic heterocycles. The van der Waals surface area contributed by atoms with Crippen LogP contribution in [-0.4, -0.2) is 36.1 Å². The van der Waals surface area contributed by atoms with E-state index in [-0.39, 0.29) is 24.3 Å². The van der Waals surface area contributed by atoms with E-state index in [1.165, 1.54) is 0 Å². The molecule has 120 valence electrons. The molecular formula is C17H24N2O3. The molecule has 2 amide bonds. The van der Waals surface area contributed by atoms with Crippen LogP contribution in [0.15, 0.2) is 24.3 Å². The van der Waals surface area contributed by atoms with Crippen LogP contribution in [0.25, 0.3) is 0 Å². The Morgan fingerprint density at radius 2 is 2.05 bits per heavy atom. The molecule has 0 aliphatic carbocycles. The molecule has 0 saturated carbocycles. The largest absolute Gasteiger partial charge is 0.391 e. The number of nitrogens with zero attached hydrogens (tertiary/aromatic N) is 1. The molecule has 1 heterocycles. The van der Waals surface area contributed by atoms with Crippen molar-refractivity contribution in [1.82, 2.24) is 5.32 Å². The zero-order valence-electron chi connectivity index (χ0n) is 13.2. The Bertz CT molecular complexity index is 527. The maximum atomic E-state index is 12.1. The van der Waals surface area contributed by atoms with Gasteiger partial charge in [0.25, 0.3) is 5.91 Å². The molecule has 1 saturated heterocycles. The normalized spacial score (nSPS) is 17.4. The second-order valence-corrected chi connectivity index (χ2v) is 5.86. The van der Waals surface area contributed by atoms with Gasteiger partial charge in [0.05, 0.1) is 6.10 Å². The van der Waals surface area contributed by atoms with Gasteiger partial charge < -0.3 is 15.3 Å². The highest BCUT2D eigenvalue weighted by Crippen LogP contribution is 2.21. The zero-order chi connectivity index (χ0) is 16.1. The van der Waals surface area contributed by atoms with E-state index in [0.29, 0.717) is 12.0 Å². The molecule has 2 unspecified atom stereocenters. The summed E-state index contributed by atoms with van der Waals surface area (Å²) in [5.74, 6) is 0.0828. The van der Waals surface area contributed by atoms with Crippen LogP contribution in [0.1, 0.15) is 43.5 Å². The lowest BCUT2D eigenvalue weighted by Crippen LogP contribution is -2.35. The number of carbonyl (C=O) groups is 2. The standard InChI is InChI=1S/C17H24N2O3/c1-3-12(2)15(20)11-18-17(22)13-6-8-14(9-7-13)19-10-4-5-16(19)21/h6-9,12,15,20H,3-5,10-11H2,1-2H3,(H,18,22). The molecule has 1 aliphatic rings. The van der Waals surface area contributed by atoms with E-state index in [4.69, 9.17) is 0 Å². The summed E-state index contributed by atoms with van der Waals surface area (Å²) < 4.78 is 0. The van der Waals surface area contributed by atoms with Crippen molar-refractivity contribution in [2.45, 2.75) is 39.2 Å². The van der Waals surface area contributed by atoms with Crippen molar-refractivity contribution in [3.8, 4) is 0 Å². The van der Waals surface area contributed by atoms with Crippen LogP contribution in [0, 0.1) is 5.92 Å². The highest BCUT2D eigenvalue weighted by molar-refractivity contribution is 5.97. The maximum Gasteiger partial charge on any atom is 0.251 e. The third-order valence-electron chi connectivity index (χ3n) is 4.29. The first kappa shape index (κ1) is 16.5. The minimum atomic E-state index is -0.532. The monoisotopic (exact) mass is 304 g/mol. The van der Waals surface area contributed by atoms with Gasteiger partial charge in [-0.2, -0.15) is 0 Å². The number of benzene rings is 1. The molecular weight excluding hydrogens is 280 g/mol. The Morgan fingerprint density at radius 3 is 2.59 bits per heavy atom. The van der Waals surface area contributed by atoms with E-state index in [0.717, 1.165) is 25.1 Å². The molecule has 1 aliphatic heterocycles. The Labute approximate surface area is 131 Å². The van der Waals surface area contributed by atoms with E-state index < -0.39 is 6.10 Å². The third-order valence-corrected chi connectivity index (χ3v) is 4.29. The van der Waals surface area contributed by atoms with Gasteiger partial charge in [-0.05, 0) is 36.6 Å². The lowest BCUT2D eigenvalue weighted by molar-refractivity contribution is -0.117. The highest BCUT2D eigenvalue weighted by atomic mass is 16.3. The summed E-state index contributed by atoms with van der Waals surface area (Å²) >= 11 is 0. The number of aliphatic hydroxyl groups excluding tert-OH is 1. The fourth-order valence-corrected chi connectivity index (χ4v) is 2.49. The molecule has 1 aromatic rings. The van der Waals surface area contributed by atoms with E-state index in [1.807, 2.05) is 13.8 Å². The number of aliphatic hydroxyl groups is 1. The van der Waals surface area contributed by atoms with Crippen LogP contribution >= 0.6 is 0 Å². The number of rotatable bonds is 6. The van der Waals surface area contributed by atoms with Crippen molar-refractivity contribution >= 4 is 17.5 Å². The number of anilines is 1. The summed E-state index contributed by atoms with van der Waals surface area (Å²) in [7, 11) is 0. The highest BCUT2D eigenvalue weighted by Gasteiger charge is 2.21. The van der Waals surface area contributed by atoms with Crippen LogP contribution in [0.3, 0.4) is 0 Å². The Balaban J connectivity index is 1.92. The molecule has 1 fully saturated rings. The van der Waals surface area contributed by atoms with Gasteiger partial charge in [0.15, 0.2) is 0 Å². The summed E-state index contributed by atoms with van der Waals surface area (Å²) in [6, 6.07) is 7.02. The van der Waals surface area contributed by atoms with E-state index in [9.17, 15) is 14.7 Å². The minimum absolute atomic E-state index is 0.133. The summed E-state index contributed by atoms with van der Waals surface area (Å²) in [5.41, 5.74) is 1.37. The number of nitrogens with one attached hydrogen (secondary N) is 1. The first-order valence-electron chi connectivity index (χ1n) is 7.89. The van der Waals surface area contributed by atoms with E-state index >= 15 is 0 Å². The summed E-state index contributed by atoms with van der Waals surface area (Å²) in [5, 5.41) is 12.6. The maximum absolute atomic E-state index is 12.1. The van der Waals surface area contributed by atoms with Crippen molar-refractivity contribution in [1.29, 1.82) is 0 Å². The average molecular weight is 304 g/mol. The Hall–Kier alpha value is -1.88. The van der Waals surface area contributed by atoms with Gasteiger partial charge in [-0.25, -0.2) is 0 Å². The number of amides is 2. The molecule has 0 bridgehead atoms. The fourth-order valence-electron chi connectivity index (χ4n) is 2.49. The van der Waals surface area contributed by atoms with Gasteiger partial charge >= 0.3 is 0 Å². The third kappa shape index (κ3) is 3.85. The lowest BCUT2D eigenvalue weighted by Gasteiger charge is -2.18. The van der Waals surface area contributed by atoms with Gasteiger partial charge in [-0.15, -0.1) is 0 Å². The number of hydrogen-bond donors (Lipinski definition) is 2. The second kappa shape index (κ2) is 7.40. The molecule has 2 N–H and O–H groups in total. The number of hydrogen-bond acceptors (Lipinski definition) is 3. The van der Waals surface area contributed by atoms with Crippen molar-refractivity contribution in [2.75, 3.05) is 18.0 Å². The second-order valence-electron chi connectivity index (χ2n) is 5.86. The quantitative estimate of drug-likeness (QED) is 0.844. The molecule has 5 nitrogen and oxygen atoms in total. The van der Waals surface area contributed by atoms with Crippen LogP contribution in [-0.2, 0) is 4.79 Å². The molecule has 0 radical (unpaired) electrons. The van der Waals surface area contributed by atoms with Crippen molar-refractivity contribution < 1.29 is 14.7 Å². The molecule has 1 aromatic carbocycles. The van der Waals surface area contributed by atoms with Gasteiger partial charge in [0, 0.05) is 30.8 Å². The molecule has 2 rings (SSSR count). The average Bonchev–Trinajstić information content (AvgIpc) is 2.97. The predicted molar refractivity (Wildman–Crippen MR) is 85.8 cm³/mol. The van der Waals surface area contributed by atoms with Gasteiger partial charge in [0.1, 0.15) is 0 Å². The molecule has 22 heavy (non-hydrogen) atoms. The van der Waals surface area contributed by atoms with E-state index in [1.54, 1.807) is 29.2 Å². The predicted octanol–water partition coefficient (Wildman–Crippen LogP) is 1.95. The van der Waals surface area contributed by atoms with Gasteiger partial charge in [0.2, 0.25) is 5.91 Å². The van der Waals surface area contributed by atoms with Crippen LogP contribution in [0.4, 0.5) is 5.69 Å². The van der Waals surface area contributed by atoms with Crippen molar-refractivity contribution in [3.63, 3.8) is 0 Å². The molecule has 5 heteroatoms. The minimum Gasteiger partial charge on any atom is -0.391 e. The number of carbonyl (C=O) groups excluding carboxylic acids is 2. The SMILES string of the molecule is CCC(C)C(O)CNC(=O)c1ccc(N2CCCC2=O)cc1. The topological polar surface area (TPSA) is 69.6 Å². The van der Waals surface area contributed by atoms with Crippen molar-refractivity contribution in [2.24, 2.45) is 5.92 Å².